The van der Waals surface area contributed by atoms with Crippen LogP contribution < -0.4 is 5.32 Å². The minimum atomic E-state index is 0.376. The van der Waals surface area contributed by atoms with Crippen molar-refractivity contribution in [2.45, 2.75) is 25.9 Å². The van der Waals surface area contributed by atoms with Crippen LogP contribution in [0.5, 0.6) is 0 Å². The Morgan fingerprint density at radius 1 is 0.950 bits per heavy atom. The lowest BCUT2D eigenvalue weighted by Gasteiger charge is -2.29. The average Bonchev–Trinajstić information content (AvgIpc) is 2.52. The summed E-state index contributed by atoms with van der Waals surface area (Å²) < 4.78 is 0. The molecule has 0 radical (unpaired) electrons. The van der Waals surface area contributed by atoms with Crippen molar-refractivity contribution in [3.63, 3.8) is 0 Å². The van der Waals surface area contributed by atoms with E-state index in [0.717, 1.165) is 19.4 Å². The third kappa shape index (κ3) is 4.39. The molecule has 0 saturated carbocycles. The SMILES string of the molecule is CCC(Nc1ccccc1)N(C)CCc1ccccc1. The van der Waals surface area contributed by atoms with Crippen LogP contribution in [0.2, 0.25) is 0 Å². The Labute approximate surface area is 122 Å². The first-order valence-electron chi connectivity index (χ1n) is 7.35. The van der Waals surface area contributed by atoms with Gasteiger partial charge in [0.1, 0.15) is 0 Å². The molecular weight excluding hydrogens is 244 g/mol. The van der Waals surface area contributed by atoms with Crippen molar-refractivity contribution in [2.24, 2.45) is 0 Å². The van der Waals surface area contributed by atoms with Gasteiger partial charge in [-0.2, -0.15) is 0 Å². The second-order valence-electron chi connectivity index (χ2n) is 5.15. The fourth-order valence-corrected chi connectivity index (χ4v) is 2.36. The summed E-state index contributed by atoms with van der Waals surface area (Å²) in [6, 6.07) is 21.1. The van der Waals surface area contributed by atoms with Gasteiger partial charge in [0.25, 0.3) is 0 Å². The molecule has 0 bridgehead atoms. The van der Waals surface area contributed by atoms with E-state index < -0.39 is 0 Å². The molecule has 0 heterocycles. The molecule has 2 aromatic rings. The highest BCUT2D eigenvalue weighted by Crippen LogP contribution is 2.11. The fourth-order valence-electron chi connectivity index (χ4n) is 2.36. The van der Waals surface area contributed by atoms with Gasteiger partial charge in [-0.15, -0.1) is 0 Å². The molecule has 0 aliphatic carbocycles. The summed E-state index contributed by atoms with van der Waals surface area (Å²) >= 11 is 0. The summed E-state index contributed by atoms with van der Waals surface area (Å²) in [4.78, 5) is 2.39. The Hall–Kier alpha value is -1.80. The monoisotopic (exact) mass is 268 g/mol. The van der Waals surface area contributed by atoms with Crippen LogP contribution in [0.1, 0.15) is 18.9 Å². The number of para-hydroxylation sites is 1. The smallest absolute Gasteiger partial charge is 0.0788 e. The van der Waals surface area contributed by atoms with Crippen molar-refractivity contribution in [1.29, 1.82) is 0 Å². The van der Waals surface area contributed by atoms with Gasteiger partial charge in [-0.3, -0.25) is 4.90 Å². The molecule has 1 atom stereocenters. The summed E-state index contributed by atoms with van der Waals surface area (Å²) in [5.74, 6) is 0. The maximum atomic E-state index is 3.59. The molecular formula is C18H24N2. The maximum absolute atomic E-state index is 3.59. The van der Waals surface area contributed by atoms with Crippen LogP contribution in [-0.4, -0.2) is 24.7 Å². The fraction of sp³-hybridized carbons (Fsp3) is 0.333. The molecule has 0 fully saturated rings. The van der Waals surface area contributed by atoms with Gasteiger partial charge in [0, 0.05) is 12.2 Å². The maximum Gasteiger partial charge on any atom is 0.0788 e. The largest absolute Gasteiger partial charge is 0.370 e. The van der Waals surface area contributed by atoms with Gasteiger partial charge < -0.3 is 5.32 Å². The predicted octanol–water partition coefficient (Wildman–Crippen LogP) is 4.01. The molecule has 0 saturated heterocycles. The number of hydrogen-bond acceptors (Lipinski definition) is 2. The number of nitrogens with one attached hydrogen (secondary N) is 1. The van der Waals surface area contributed by atoms with Gasteiger partial charge in [0.2, 0.25) is 0 Å². The van der Waals surface area contributed by atoms with Gasteiger partial charge in [0.05, 0.1) is 6.17 Å². The first-order valence-corrected chi connectivity index (χ1v) is 7.35. The lowest BCUT2D eigenvalue weighted by Crippen LogP contribution is -2.38. The van der Waals surface area contributed by atoms with Gasteiger partial charge >= 0.3 is 0 Å². The van der Waals surface area contributed by atoms with Crippen LogP contribution in [0.15, 0.2) is 60.7 Å². The number of hydrogen-bond donors (Lipinski definition) is 1. The highest BCUT2D eigenvalue weighted by atomic mass is 15.2. The zero-order chi connectivity index (χ0) is 14.2. The Kier molecular flexibility index (Phi) is 5.63. The van der Waals surface area contributed by atoms with Crippen LogP contribution in [0, 0.1) is 0 Å². The highest BCUT2D eigenvalue weighted by Gasteiger charge is 2.11. The topological polar surface area (TPSA) is 15.3 Å². The minimum Gasteiger partial charge on any atom is -0.370 e. The van der Waals surface area contributed by atoms with Gasteiger partial charge in [-0.1, -0.05) is 55.5 Å². The molecule has 106 valence electrons. The molecule has 2 rings (SSSR count). The highest BCUT2D eigenvalue weighted by molar-refractivity contribution is 5.43. The number of anilines is 1. The van der Waals surface area contributed by atoms with E-state index in [4.69, 9.17) is 0 Å². The Morgan fingerprint density at radius 3 is 2.15 bits per heavy atom. The van der Waals surface area contributed by atoms with Crippen LogP contribution in [0.25, 0.3) is 0 Å². The molecule has 2 heteroatoms. The van der Waals surface area contributed by atoms with Crippen LogP contribution in [0.4, 0.5) is 5.69 Å². The molecule has 2 nitrogen and oxygen atoms in total. The summed E-state index contributed by atoms with van der Waals surface area (Å²) in [6.07, 6.45) is 2.55. The molecule has 0 spiro atoms. The quantitative estimate of drug-likeness (QED) is 0.763. The van der Waals surface area contributed by atoms with Crippen molar-refractivity contribution in [2.75, 3.05) is 18.9 Å². The molecule has 1 unspecified atom stereocenters. The predicted molar refractivity (Wildman–Crippen MR) is 86.9 cm³/mol. The lowest BCUT2D eigenvalue weighted by molar-refractivity contribution is 0.262. The van der Waals surface area contributed by atoms with Gasteiger partial charge in [0.15, 0.2) is 0 Å². The number of nitrogens with zero attached hydrogens (tertiary/aromatic N) is 1. The summed E-state index contributed by atoms with van der Waals surface area (Å²) in [5.41, 5.74) is 2.58. The van der Waals surface area contributed by atoms with E-state index in [2.05, 4.69) is 78.8 Å². The standard InChI is InChI=1S/C18H24N2/c1-3-18(19-17-12-8-5-9-13-17)20(2)15-14-16-10-6-4-7-11-16/h4-13,18-19H,3,14-15H2,1-2H3. The molecule has 0 aliphatic heterocycles. The van der Waals surface area contributed by atoms with Crippen molar-refractivity contribution in [1.82, 2.24) is 4.90 Å². The van der Waals surface area contributed by atoms with Crippen molar-refractivity contribution >= 4 is 5.69 Å². The number of rotatable bonds is 7. The molecule has 2 aromatic carbocycles. The van der Waals surface area contributed by atoms with E-state index in [1.807, 2.05) is 6.07 Å². The Morgan fingerprint density at radius 2 is 1.55 bits per heavy atom. The first kappa shape index (κ1) is 14.6. The van der Waals surface area contributed by atoms with E-state index in [-0.39, 0.29) is 0 Å². The lowest BCUT2D eigenvalue weighted by atomic mass is 10.1. The zero-order valence-corrected chi connectivity index (χ0v) is 12.4. The second kappa shape index (κ2) is 7.71. The minimum absolute atomic E-state index is 0.376. The van der Waals surface area contributed by atoms with Crippen LogP contribution in [0.3, 0.4) is 0 Å². The molecule has 0 amide bonds. The van der Waals surface area contributed by atoms with Gasteiger partial charge in [-0.05, 0) is 37.6 Å². The van der Waals surface area contributed by atoms with E-state index in [1.54, 1.807) is 0 Å². The number of benzene rings is 2. The van der Waals surface area contributed by atoms with E-state index in [1.165, 1.54) is 11.3 Å². The van der Waals surface area contributed by atoms with E-state index in [0.29, 0.717) is 6.17 Å². The van der Waals surface area contributed by atoms with E-state index in [9.17, 15) is 0 Å². The number of likely N-dealkylation sites (N-methyl/N-ethyl adjacent to an activating group) is 1. The van der Waals surface area contributed by atoms with Crippen molar-refractivity contribution < 1.29 is 0 Å². The molecule has 0 aliphatic rings. The van der Waals surface area contributed by atoms with Crippen LogP contribution >= 0.6 is 0 Å². The summed E-state index contributed by atoms with van der Waals surface area (Å²) in [6.45, 7) is 3.28. The average molecular weight is 268 g/mol. The van der Waals surface area contributed by atoms with Crippen molar-refractivity contribution in [3.05, 3.63) is 66.2 Å². The third-order valence-corrected chi connectivity index (χ3v) is 3.62. The zero-order valence-electron chi connectivity index (χ0n) is 12.4. The van der Waals surface area contributed by atoms with Crippen LogP contribution in [-0.2, 0) is 6.42 Å². The second-order valence-corrected chi connectivity index (χ2v) is 5.15. The van der Waals surface area contributed by atoms with Gasteiger partial charge in [-0.25, -0.2) is 0 Å². The molecule has 0 aromatic heterocycles. The molecule has 1 N–H and O–H groups in total. The molecule has 20 heavy (non-hydrogen) atoms. The normalized spacial score (nSPS) is 12.3. The third-order valence-electron chi connectivity index (χ3n) is 3.62. The summed E-state index contributed by atoms with van der Waals surface area (Å²) in [7, 11) is 2.19. The summed E-state index contributed by atoms with van der Waals surface area (Å²) in [5, 5.41) is 3.59. The first-order chi connectivity index (χ1) is 9.79. The van der Waals surface area contributed by atoms with E-state index >= 15 is 0 Å². The van der Waals surface area contributed by atoms with Crippen molar-refractivity contribution in [3.8, 4) is 0 Å². The Balaban J connectivity index is 1.87. The Bertz CT molecular complexity index is 481.